The number of hydrogen-bond donors (Lipinski definition) is 3. The van der Waals surface area contributed by atoms with Gasteiger partial charge >= 0.3 is 5.97 Å². The van der Waals surface area contributed by atoms with Gasteiger partial charge in [-0.3, -0.25) is 25.1 Å². The molecule has 1 aromatic carbocycles. The molecule has 1 fully saturated rings. The first-order chi connectivity index (χ1) is 10.5. The molecule has 2 atom stereocenters. The summed E-state index contributed by atoms with van der Waals surface area (Å²) in [5, 5.41) is 25.0. The molecule has 1 aliphatic heterocycles. The Balaban J connectivity index is 1.86. The standard InChI is InChI=1S/C12H12N4O5S/c17-10(18)5-9-11(19)14-12(22-9)15-13-6-7-1-3-8(4-2-7)16(20)21/h1-4,6,9,12,15H,5H2,(H,14,19)(H,17,18)/b13-6-/t9-,12+/m0/s1. The van der Waals surface area contributed by atoms with Crippen LogP contribution in [0.2, 0.25) is 0 Å². The van der Waals surface area contributed by atoms with E-state index in [0.29, 0.717) is 5.56 Å². The number of nitrogens with zero attached hydrogens (tertiary/aromatic N) is 2. The number of nitro groups is 1. The van der Waals surface area contributed by atoms with E-state index < -0.39 is 21.6 Å². The molecule has 3 N–H and O–H groups in total. The quantitative estimate of drug-likeness (QED) is 0.394. The second-order valence-electron chi connectivity index (χ2n) is 4.35. The summed E-state index contributed by atoms with van der Waals surface area (Å²) in [6.07, 6.45) is 1.20. The lowest BCUT2D eigenvalue weighted by atomic mass is 10.2. The van der Waals surface area contributed by atoms with E-state index in [1.807, 2.05) is 0 Å². The first-order valence-electron chi connectivity index (χ1n) is 6.16. The molecule has 0 aliphatic carbocycles. The van der Waals surface area contributed by atoms with Crippen LogP contribution in [-0.2, 0) is 9.59 Å². The van der Waals surface area contributed by atoms with Crippen LogP contribution in [-0.4, -0.2) is 38.9 Å². The largest absolute Gasteiger partial charge is 0.481 e. The molecular weight excluding hydrogens is 312 g/mol. The highest BCUT2D eigenvalue weighted by molar-refractivity contribution is 8.01. The van der Waals surface area contributed by atoms with Gasteiger partial charge in [0.1, 0.15) is 0 Å². The Labute approximate surface area is 128 Å². The minimum absolute atomic E-state index is 0.0137. The van der Waals surface area contributed by atoms with Crippen molar-refractivity contribution in [1.29, 1.82) is 0 Å². The van der Waals surface area contributed by atoms with Crippen molar-refractivity contribution in [3.8, 4) is 0 Å². The topological polar surface area (TPSA) is 134 Å². The monoisotopic (exact) mass is 324 g/mol. The Morgan fingerprint density at radius 2 is 2.18 bits per heavy atom. The third-order valence-electron chi connectivity index (χ3n) is 2.74. The predicted octanol–water partition coefficient (Wildman–Crippen LogP) is 0.508. The highest BCUT2D eigenvalue weighted by Gasteiger charge is 2.33. The van der Waals surface area contributed by atoms with Gasteiger partial charge in [0.05, 0.1) is 22.8 Å². The number of thioether (sulfide) groups is 1. The van der Waals surface area contributed by atoms with Gasteiger partial charge in [0, 0.05) is 12.1 Å². The zero-order chi connectivity index (χ0) is 16.1. The molecule has 0 bridgehead atoms. The average Bonchev–Trinajstić information content (AvgIpc) is 2.79. The van der Waals surface area contributed by atoms with E-state index in [0.717, 1.165) is 11.8 Å². The number of carboxylic acids is 1. The van der Waals surface area contributed by atoms with Crippen LogP contribution >= 0.6 is 11.8 Å². The van der Waals surface area contributed by atoms with Crippen molar-refractivity contribution in [1.82, 2.24) is 10.7 Å². The zero-order valence-corrected chi connectivity index (χ0v) is 11.9. The molecule has 2 rings (SSSR count). The normalized spacial score (nSPS) is 20.8. The van der Waals surface area contributed by atoms with Crippen LogP contribution < -0.4 is 10.7 Å². The van der Waals surface area contributed by atoms with Crippen molar-refractivity contribution in [3.63, 3.8) is 0 Å². The first kappa shape index (κ1) is 15.8. The van der Waals surface area contributed by atoms with Gasteiger partial charge in [0.15, 0.2) is 5.50 Å². The molecule has 1 aromatic rings. The van der Waals surface area contributed by atoms with Gasteiger partial charge in [-0.05, 0) is 17.7 Å². The first-order valence-corrected chi connectivity index (χ1v) is 7.10. The number of carbonyl (C=O) groups is 2. The predicted molar refractivity (Wildman–Crippen MR) is 79.4 cm³/mol. The number of amides is 1. The molecule has 22 heavy (non-hydrogen) atoms. The van der Waals surface area contributed by atoms with Crippen LogP contribution in [0.5, 0.6) is 0 Å². The third kappa shape index (κ3) is 4.19. The van der Waals surface area contributed by atoms with Crippen molar-refractivity contribution in [2.24, 2.45) is 5.10 Å². The highest BCUT2D eigenvalue weighted by atomic mass is 32.2. The minimum atomic E-state index is -1.04. The van der Waals surface area contributed by atoms with Crippen molar-refractivity contribution in [2.45, 2.75) is 17.2 Å². The molecular formula is C12H12N4O5S. The number of nitro benzene ring substituents is 1. The molecule has 0 radical (unpaired) electrons. The maximum absolute atomic E-state index is 11.5. The molecule has 9 nitrogen and oxygen atoms in total. The van der Waals surface area contributed by atoms with Gasteiger partial charge in [0.25, 0.3) is 5.69 Å². The molecule has 0 unspecified atom stereocenters. The lowest BCUT2D eigenvalue weighted by molar-refractivity contribution is -0.384. The third-order valence-corrected chi connectivity index (χ3v) is 3.94. The molecule has 10 heteroatoms. The molecule has 1 amide bonds. The van der Waals surface area contributed by atoms with E-state index in [1.165, 1.54) is 30.5 Å². The van der Waals surface area contributed by atoms with Gasteiger partial charge in [-0.15, -0.1) is 11.8 Å². The summed E-state index contributed by atoms with van der Waals surface area (Å²) in [4.78, 5) is 32.1. The number of nitrogens with one attached hydrogen (secondary N) is 2. The number of benzene rings is 1. The highest BCUT2D eigenvalue weighted by Crippen LogP contribution is 2.24. The van der Waals surface area contributed by atoms with Crippen molar-refractivity contribution >= 4 is 35.5 Å². The van der Waals surface area contributed by atoms with Crippen LogP contribution in [0.1, 0.15) is 12.0 Å². The number of carboxylic acid groups (broad SMARTS) is 1. The fourth-order valence-electron chi connectivity index (χ4n) is 1.71. The molecule has 0 saturated carbocycles. The SMILES string of the molecule is O=C(O)C[C@@H]1S[C@@H](N/N=C\c2ccc([N+](=O)[O-])cc2)NC1=O. The minimum Gasteiger partial charge on any atom is -0.481 e. The summed E-state index contributed by atoms with van der Waals surface area (Å²) in [6, 6.07) is 5.79. The number of carbonyl (C=O) groups excluding carboxylic acids is 1. The Bertz CT molecular complexity index is 618. The lowest BCUT2D eigenvalue weighted by Gasteiger charge is -2.07. The average molecular weight is 324 g/mol. The molecule has 116 valence electrons. The van der Waals surface area contributed by atoms with Gasteiger partial charge in [-0.2, -0.15) is 5.10 Å². The summed E-state index contributed by atoms with van der Waals surface area (Å²) in [7, 11) is 0. The van der Waals surface area contributed by atoms with Crippen LogP contribution in [0.3, 0.4) is 0 Å². The maximum Gasteiger partial charge on any atom is 0.305 e. The van der Waals surface area contributed by atoms with Gasteiger partial charge in [-0.25, -0.2) is 0 Å². The number of non-ortho nitro benzene ring substituents is 1. The number of hydrogen-bond acceptors (Lipinski definition) is 7. The summed E-state index contributed by atoms with van der Waals surface area (Å²) < 4.78 is 0. The fourth-order valence-corrected chi connectivity index (χ4v) is 2.77. The van der Waals surface area contributed by atoms with E-state index in [4.69, 9.17) is 5.11 Å². The van der Waals surface area contributed by atoms with Gasteiger partial charge in [0.2, 0.25) is 5.91 Å². The summed E-state index contributed by atoms with van der Waals surface area (Å²) >= 11 is 1.13. The van der Waals surface area contributed by atoms with Crippen LogP contribution in [0, 0.1) is 10.1 Å². The smallest absolute Gasteiger partial charge is 0.305 e. The summed E-state index contributed by atoms with van der Waals surface area (Å²) in [6.45, 7) is 0. The Morgan fingerprint density at radius 1 is 1.50 bits per heavy atom. The van der Waals surface area contributed by atoms with Gasteiger partial charge < -0.3 is 10.4 Å². The molecule has 0 spiro atoms. The Hall–Kier alpha value is -2.62. The van der Waals surface area contributed by atoms with Crippen molar-refractivity contribution in [3.05, 3.63) is 39.9 Å². The van der Waals surface area contributed by atoms with Gasteiger partial charge in [-0.1, -0.05) is 0 Å². The molecule has 1 saturated heterocycles. The molecule has 1 aliphatic rings. The maximum atomic E-state index is 11.5. The number of hydrazone groups is 1. The van der Waals surface area contributed by atoms with Crippen LogP contribution in [0.15, 0.2) is 29.4 Å². The fraction of sp³-hybridized carbons (Fsp3) is 0.250. The summed E-state index contributed by atoms with van der Waals surface area (Å²) in [5.41, 5.74) is 2.80. The Kier molecular flexibility index (Phi) is 4.94. The number of rotatable bonds is 6. The molecule has 1 heterocycles. The zero-order valence-electron chi connectivity index (χ0n) is 11.1. The second-order valence-corrected chi connectivity index (χ2v) is 5.66. The Morgan fingerprint density at radius 3 is 2.77 bits per heavy atom. The summed E-state index contributed by atoms with van der Waals surface area (Å²) in [5.74, 6) is -1.39. The van der Waals surface area contributed by atoms with Crippen molar-refractivity contribution < 1.29 is 19.6 Å². The van der Waals surface area contributed by atoms with E-state index in [1.54, 1.807) is 0 Å². The van der Waals surface area contributed by atoms with E-state index >= 15 is 0 Å². The molecule has 0 aromatic heterocycles. The van der Waals surface area contributed by atoms with E-state index in [2.05, 4.69) is 15.8 Å². The number of aliphatic carboxylic acids is 1. The van der Waals surface area contributed by atoms with Crippen LogP contribution in [0.25, 0.3) is 0 Å². The van der Waals surface area contributed by atoms with Crippen LogP contribution in [0.4, 0.5) is 5.69 Å². The van der Waals surface area contributed by atoms with E-state index in [9.17, 15) is 19.7 Å². The second kappa shape index (κ2) is 6.89. The van der Waals surface area contributed by atoms with Crippen molar-refractivity contribution in [2.75, 3.05) is 0 Å². The lowest BCUT2D eigenvalue weighted by Crippen LogP contribution is -2.35. The van der Waals surface area contributed by atoms with E-state index in [-0.39, 0.29) is 18.0 Å².